The summed E-state index contributed by atoms with van der Waals surface area (Å²) >= 11 is 0. The van der Waals surface area contributed by atoms with Crippen molar-refractivity contribution in [3.05, 3.63) is 0 Å². The Labute approximate surface area is 81.3 Å². The summed E-state index contributed by atoms with van der Waals surface area (Å²) in [4.78, 5) is 11.3. The highest BCUT2D eigenvalue weighted by atomic mass is 19.4. The SMILES string of the molecule is CC(C)NCCN(C)C(=O)C(F)(F)F. The molecule has 0 heterocycles. The molecule has 6 heteroatoms. The Morgan fingerprint density at radius 2 is 1.93 bits per heavy atom. The summed E-state index contributed by atoms with van der Waals surface area (Å²) in [5.41, 5.74) is 0. The minimum Gasteiger partial charge on any atom is -0.337 e. The molecule has 0 bridgehead atoms. The van der Waals surface area contributed by atoms with Crippen molar-refractivity contribution in [1.29, 1.82) is 0 Å². The topological polar surface area (TPSA) is 32.3 Å². The second-order valence-electron chi connectivity index (χ2n) is 3.33. The molecule has 0 radical (unpaired) electrons. The van der Waals surface area contributed by atoms with E-state index in [0.717, 1.165) is 7.05 Å². The highest BCUT2D eigenvalue weighted by Crippen LogP contribution is 2.16. The number of nitrogens with one attached hydrogen (secondary N) is 1. The van der Waals surface area contributed by atoms with Crippen molar-refractivity contribution < 1.29 is 18.0 Å². The highest BCUT2D eigenvalue weighted by molar-refractivity contribution is 5.81. The zero-order valence-electron chi connectivity index (χ0n) is 8.48. The van der Waals surface area contributed by atoms with Crippen LogP contribution in [0.25, 0.3) is 0 Å². The van der Waals surface area contributed by atoms with E-state index >= 15 is 0 Å². The Hall–Kier alpha value is -0.780. The fraction of sp³-hybridized carbons (Fsp3) is 0.875. The summed E-state index contributed by atoms with van der Waals surface area (Å²) in [6, 6.07) is 0.199. The molecule has 0 aromatic rings. The molecule has 1 amide bonds. The van der Waals surface area contributed by atoms with Gasteiger partial charge in [-0.1, -0.05) is 13.8 Å². The van der Waals surface area contributed by atoms with Crippen molar-refractivity contribution in [3.8, 4) is 0 Å². The van der Waals surface area contributed by atoms with Gasteiger partial charge in [0.25, 0.3) is 0 Å². The Balaban J connectivity index is 3.86. The highest BCUT2D eigenvalue weighted by Gasteiger charge is 2.40. The van der Waals surface area contributed by atoms with Crippen molar-refractivity contribution in [1.82, 2.24) is 10.2 Å². The van der Waals surface area contributed by atoms with E-state index < -0.39 is 12.1 Å². The molecule has 0 aliphatic heterocycles. The van der Waals surface area contributed by atoms with Crippen molar-refractivity contribution in [2.24, 2.45) is 0 Å². The predicted octanol–water partition coefficient (Wildman–Crippen LogP) is 1.01. The lowest BCUT2D eigenvalue weighted by Crippen LogP contribution is -2.42. The minimum absolute atomic E-state index is 0.0521. The fourth-order valence-electron chi connectivity index (χ4n) is 0.839. The molecule has 0 rings (SSSR count). The summed E-state index contributed by atoms with van der Waals surface area (Å²) in [7, 11) is 1.14. The smallest absolute Gasteiger partial charge is 0.337 e. The molecule has 0 aliphatic rings. The Kier molecular flexibility index (Phi) is 4.90. The number of nitrogens with zero attached hydrogens (tertiary/aromatic N) is 1. The van der Waals surface area contributed by atoms with Crippen molar-refractivity contribution in [3.63, 3.8) is 0 Å². The van der Waals surface area contributed by atoms with Gasteiger partial charge in [0.2, 0.25) is 0 Å². The van der Waals surface area contributed by atoms with E-state index in [4.69, 9.17) is 0 Å². The van der Waals surface area contributed by atoms with Crippen LogP contribution in [0.4, 0.5) is 13.2 Å². The number of amides is 1. The van der Waals surface area contributed by atoms with Crippen molar-refractivity contribution in [2.45, 2.75) is 26.1 Å². The van der Waals surface area contributed by atoms with E-state index in [1.165, 1.54) is 0 Å². The van der Waals surface area contributed by atoms with Crippen LogP contribution >= 0.6 is 0 Å². The summed E-state index contributed by atoms with van der Waals surface area (Å²) in [5, 5.41) is 2.92. The molecule has 0 aromatic heterocycles. The van der Waals surface area contributed by atoms with Crippen LogP contribution in [0.2, 0.25) is 0 Å². The molecule has 0 atom stereocenters. The molecule has 84 valence electrons. The second kappa shape index (κ2) is 5.19. The van der Waals surface area contributed by atoms with Crippen LogP contribution in [0.15, 0.2) is 0 Å². The van der Waals surface area contributed by atoms with E-state index in [0.29, 0.717) is 11.4 Å². The third-order valence-electron chi connectivity index (χ3n) is 1.59. The summed E-state index contributed by atoms with van der Waals surface area (Å²) in [6.07, 6.45) is -4.77. The number of carbonyl (C=O) groups excluding carboxylic acids is 1. The number of halogens is 3. The maximum atomic E-state index is 11.9. The predicted molar refractivity (Wildman–Crippen MR) is 46.8 cm³/mol. The fourth-order valence-corrected chi connectivity index (χ4v) is 0.839. The van der Waals surface area contributed by atoms with Crippen molar-refractivity contribution >= 4 is 5.91 Å². The van der Waals surface area contributed by atoms with Gasteiger partial charge in [-0.3, -0.25) is 4.79 Å². The van der Waals surface area contributed by atoms with E-state index in [1.807, 2.05) is 13.8 Å². The molecule has 0 aromatic carbocycles. The van der Waals surface area contributed by atoms with Gasteiger partial charge in [-0.15, -0.1) is 0 Å². The zero-order chi connectivity index (χ0) is 11.4. The number of alkyl halides is 3. The standard InChI is InChI=1S/C8H15F3N2O/c1-6(2)12-4-5-13(3)7(14)8(9,10)11/h6,12H,4-5H2,1-3H3. The quantitative estimate of drug-likeness (QED) is 0.754. The third kappa shape index (κ3) is 5.06. The van der Waals surface area contributed by atoms with Gasteiger partial charge in [-0.05, 0) is 0 Å². The molecular weight excluding hydrogens is 197 g/mol. The van der Waals surface area contributed by atoms with Gasteiger partial charge in [0, 0.05) is 26.2 Å². The summed E-state index contributed by atoms with van der Waals surface area (Å²) in [6.45, 7) is 4.17. The second-order valence-corrected chi connectivity index (χ2v) is 3.33. The normalized spacial score (nSPS) is 11.9. The first-order chi connectivity index (χ1) is 6.25. The first-order valence-corrected chi connectivity index (χ1v) is 4.31. The van der Waals surface area contributed by atoms with Gasteiger partial charge in [-0.25, -0.2) is 0 Å². The van der Waals surface area contributed by atoms with Crippen molar-refractivity contribution in [2.75, 3.05) is 20.1 Å². The number of likely N-dealkylation sites (N-methyl/N-ethyl adjacent to an activating group) is 1. The lowest BCUT2D eigenvalue weighted by atomic mass is 10.4. The molecule has 0 fully saturated rings. The van der Waals surface area contributed by atoms with Gasteiger partial charge in [0.1, 0.15) is 0 Å². The monoisotopic (exact) mass is 212 g/mol. The van der Waals surface area contributed by atoms with Crippen LogP contribution < -0.4 is 5.32 Å². The molecule has 0 saturated carbocycles. The van der Waals surface area contributed by atoms with Crippen LogP contribution in [-0.2, 0) is 4.79 Å². The van der Waals surface area contributed by atoms with E-state index in [-0.39, 0.29) is 12.6 Å². The lowest BCUT2D eigenvalue weighted by molar-refractivity contribution is -0.183. The molecule has 14 heavy (non-hydrogen) atoms. The number of rotatable bonds is 4. The van der Waals surface area contributed by atoms with Gasteiger partial charge >= 0.3 is 12.1 Å². The Morgan fingerprint density at radius 1 is 1.43 bits per heavy atom. The Bertz CT molecular complexity index is 192. The number of carbonyl (C=O) groups is 1. The Morgan fingerprint density at radius 3 is 2.29 bits per heavy atom. The maximum absolute atomic E-state index is 11.9. The number of hydrogen-bond donors (Lipinski definition) is 1. The van der Waals surface area contributed by atoms with E-state index in [1.54, 1.807) is 0 Å². The maximum Gasteiger partial charge on any atom is 0.471 e. The average molecular weight is 212 g/mol. The molecule has 0 spiro atoms. The average Bonchev–Trinajstić information content (AvgIpc) is 2.00. The number of hydrogen-bond acceptors (Lipinski definition) is 2. The molecule has 0 unspecified atom stereocenters. The van der Waals surface area contributed by atoms with Crippen LogP contribution in [0.3, 0.4) is 0 Å². The van der Waals surface area contributed by atoms with Gasteiger partial charge < -0.3 is 10.2 Å². The van der Waals surface area contributed by atoms with Gasteiger partial charge in [0.05, 0.1) is 0 Å². The van der Waals surface area contributed by atoms with Crippen LogP contribution in [0.1, 0.15) is 13.8 Å². The third-order valence-corrected chi connectivity index (χ3v) is 1.59. The van der Waals surface area contributed by atoms with E-state index in [2.05, 4.69) is 5.32 Å². The molecule has 1 N–H and O–H groups in total. The molecule has 0 aliphatic carbocycles. The summed E-state index contributed by atoms with van der Waals surface area (Å²) < 4.78 is 35.6. The molecule has 0 saturated heterocycles. The van der Waals surface area contributed by atoms with E-state index in [9.17, 15) is 18.0 Å². The first kappa shape index (κ1) is 13.2. The first-order valence-electron chi connectivity index (χ1n) is 4.31. The van der Waals surface area contributed by atoms with Crippen LogP contribution in [0.5, 0.6) is 0 Å². The summed E-state index contributed by atoms with van der Waals surface area (Å²) in [5.74, 6) is -1.80. The van der Waals surface area contributed by atoms with Crippen LogP contribution in [-0.4, -0.2) is 43.2 Å². The zero-order valence-corrected chi connectivity index (χ0v) is 8.48. The lowest BCUT2D eigenvalue weighted by Gasteiger charge is -2.19. The largest absolute Gasteiger partial charge is 0.471 e. The molecule has 3 nitrogen and oxygen atoms in total. The minimum atomic E-state index is -4.77. The van der Waals surface area contributed by atoms with Crippen LogP contribution in [0, 0.1) is 0 Å². The van der Waals surface area contributed by atoms with Gasteiger partial charge in [0.15, 0.2) is 0 Å². The van der Waals surface area contributed by atoms with Gasteiger partial charge in [-0.2, -0.15) is 13.2 Å². The molecular formula is C8H15F3N2O.